The molecule has 13 nitrogen and oxygen atoms in total. The number of ether oxygens (including phenoxy) is 3. The van der Waals surface area contributed by atoms with E-state index in [1.807, 2.05) is 13.8 Å². The van der Waals surface area contributed by atoms with E-state index in [0.717, 1.165) is 0 Å². The number of primary amides is 1. The first-order valence-electron chi connectivity index (χ1n) is 13.4. The van der Waals surface area contributed by atoms with Gasteiger partial charge in [0, 0.05) is 41.3 Å². The highest BCUT2D eigenvalue weighted by atomic mass is 79.9. The molecule has 5 amide bonds. The molecule has 0 fully saturated rings. The molecule has 0 saturated carbocycles. The molecule has 4 atom stereocenters. The minimum absolute atomic E-state index is 0.0393. The van der Waals surface area contributed by atoms with E-state index in [1.54, 1.807) is 12.1 Å². The van der Waals surface area contributed by atoms with Crippen molar-refractivity contribution in [3.05, 3.63) is 39.9 Å². The van der Waals surface area contributed by atoms with E-state index < -0.39 is 54.2 Å². The molecule has 0 spiro atoms. The number of methoxy groups -OCH3 is 1. The predicted octanol–water partition coefficient (Wildman–Crippen LogP) is 2.57. The fourth-order valence-electron chi connectivity index (χ4n) is 4.14. The molecule has 0 saturated heterocycles. The van der Waals surface area contributed by atoms with Crippen LogP contribution in [-0.4, -0.2) is 86.2 Å². The standard InChI is InChI=1S/C27H36BrCl2N5O8/c1-14(2)10-20(23(31)36)35-24(37)15-11-19(34-25(38)17-13-16(41-3)4-5-18(17)28)22(43-27(40)33-9-7-30)21(12-15)42-26(39)32-8-6-29/h4-5,11,13-14,19-22H,6-10,12H2,1-3H3,(H2,31,36)(H,32,39)(H,33,40)(H,34,38)(H,35,37). The van der Waals surface area contributed by atoms with E-state index in [-0.39, 0.29) is 54.7 Å². The van der Waals surface area contributed by atoms with Gasteiger partial charge in [-0.05, 0) is 52.5 Å². The van der Waals surface area contributed by atoms with Crippen LogP contribution in [0.5, 0.6) is 5.75 Å². The molecular formula is C27H36BrCl2N5O8. The van der Waals surface area contributed by atoms with Gasteiger partial charge < -0.3 is 41.2 Å². The van der Waals surface area contributed by atoms with Crippen molar-refractivity contribution in [3.63, 3.8) is 0 Å². The Kier molecular flexibility index (Phi) is 14.9. The predicted molar refractivity (Wildman–Crippen MR) is 163 cm³/mol. The maximum Gasteiger partial charge on any atom is 0.407 e. The number of amides is 5. The van der Waals surface area contributed by atoms with Crippen molar-refractivity contribution in [2.75, 3.05) is 32.0 Å². The Hall–Kier alpha value is -3.23. The van der Waals surface area contributed by atoms with Crippen LogP contribution in [0.2, 0.25) is 0 Å². The van der Waals surface area contributed by atoms with Gasteiger partial charge in [-0.3, -0.25) is 14.4 Å². The molecule has 0 heterocycles. The Labute approximate surface area is 268 Å². The van der Waals surface area contributed by atoms with Crippen LogP contribution in [0.3, 0.4) is 0 Å². The summed E-state index contributed by atoms with van der Waals surface area (Å²) in [6.45, 7) is 3.89. The number of hydrogen-bond donors (Lipinski definition) is 5. The van der Waals surface area contributed by atoms with Crippen molar-refractivity contribution in [2.24, 2.45) is 11.7 Å². The van der Waals surface area contributed by atoms with Crippen molar-refractivity contribution >= 4 is 69.0 Å². The van der Waals surface area contributed by atoms with Crippen molar-refractivity contribution in [1.82, 2.24) is 21.3 Å². The highest BCUT2D eigenvalue weighted by molar-refractivity contribution is 9.10. The van der Waals surface area contributed by atoms with Gasteiger partial charge in [0.15, 0.2) is 6.10 Å². The van der Waals surface area contributed by atoms with Gasteiger partial charge in [-0.15, -0.1) is 23.2 Å². The fraction of sp³-hybridized carbons (Fsp3) is 0.519. The summed E-state index contributed by atoms with van der Waals surface area (Å²) in [6.07, 6.45) is -2.89. The number of halogens is 3. The molecule has 2 rings (SSSR count). The second-order valence-corrected chi connectivity index (χ2v) is 11.5. The smallest absolute Gasteiger partial charge is 0.407 e. The molecule has 43 heavy (non-hydrogen) atoms. The molecular weight excluding hydrogens is 673 g/mol. The molecule has 1 aromatic rings. The van der Waals surface area contributed by atoms with Crippen LogP contribution >= 0.6 is 39.1 Å². The minimum atomic E-state index is -1.29. The van der Waals surface area contributed by atoms with Crippen LogP contribution in [0.25, 0.3) is 0 Å². The Morgan fingerprint density at radius 3 is 2.21 bits per heavy atom. The van der Waals surface area contributed by atoms with Gasteiger partial charge in [-0.1, -0.05) is 13.8 Å². The number of nitrogens with one attached hydrogen (secondary N) is 4. The molecule has 1 aliphatic carbocycles. The Balaban J connectivity index is 2.52. The summed E-state index contributed by atoms with van der Waals surface area (Å²) in [6, 6.07) is 2.59. The number of carbonyl (C=O) groups is 5. The first kappa shape index (κ1) is 36.0. The first-order valence-corrected chi connectivity index (χ1v) is 15.2. The van der Waals surface area contributed by atoms with E-state index in [9.17, 15) is 24.0 Å². The second-order valence-electron chi connectivity index (χ2n) is 9.84. The minimum Gasteiger partial charge on any atom is -0.497 e. The Morgan fingerprint density at radius 1 is 1.02 bits per heavy atom. The number of benzene rings is 1. The van der Waals surface area contributed by atoms with Gasteiger partial charge in [0.05, 0.1) is 18.7 Å². The van der Waals surface area contributed by atoms with Gasteiger partial charge in [0.2, 0.25) is 11.8 Å². The van der Waals surface area contributed by atoms with Gasteiger partial charge in [0.1, 0.15) is 17.9 Å². The lowest BCUT2D eigenvalue weighted by Crippen LogP contribution is -2.56. The van der Waals surface area contributed by atoms with Gasteiger partial charge in [-0.2, -0.15) is 0 Å². The number of rotatable bonds is 14. The molecule has 0 radical (unpaired) electrons. The van der Waals surface area contributed by atoms with Crippen LogP contribution in [0, 0.1) is 5.92 Å². The lowest BCUT2D eigenvalue weighted by atomic mass is 9.89. The summed E-state index contributed by atoms with van der Waals surface area (Å²) >= 11 is 14.7. The number of carbonyl (C=O) groups excluding carboxylic acids is 5. The van der Waals surface area contributed by atoms with Gasteiger partial charge in [-0.25, -0.2) is 9.59 Å². The molecule has 4 unspecified atom stereocenters. The third kappa shape index (κ3) is 11.4. The first-order chi connectivity index (χ1) is 20.4. The van der Waals surface area contributed by atoms with Crippen LogP contribution in [0.15, 0.2) is 34.3 Å². The summed E-state index contributed by atoms with van der Waals surface area (Å²) in [7, 11) is 1.44. The zero-order valence-electron chi connectivity index (χ0n) is 23.9. The topological polar surface area (TPSA) is 187 Å². The van der Waals surface area contributed by atoms with Crippen molar-refractivity contribution in [1.29, 1.82) is 0 Å². The Bertz CT molecular complexity index is 1200. The SMILES string of the molecule is COc1ccc(Br)c(C(=O)NC2C=C(C(=O)NC(CC(C)C)C(N)=O)CC(OC(=O)NCCCl)C2OC(=O)NCCCl)c1. The van der Waals surface area contributed by atoms with Crippen molar-refractivity contribution in [2.45, 2.75) is 51.0 Å². The van der Waals surface area contributed by atoms with E-state index in [4.69, 9.17) is 43.1 Å². The number of nitrogens with two attached hydrogens (primary N) is 1. The molecule has 0 bridgehead atoms. The molecule has 6 N–H and O–H groups in total. The Morgan fingerprint density at radius 2 is 1.65 bits per heavy atom. The largest absolute Gasteiger partial charge is 0.497 e. The number of hydrogen-bond acceptors (Lipinski definition) is 8. The zero-order valence-corrected chi connectivity index (χ0v) is 27.0. The van der Waals surface area contributed by atoms with E-state index in [1.165, 1.54) is 19.3 Å². The maximum atomic E-state index is 13.4. The number of alkyl carbamates (subject to hydrolysis) is 2. The van der Waals surface area contributed by atoms with Crippen LogP contribution in [0.4, 0.5) is 9.59 Å². The average molecular weight is 709 g/mol. The van der Waals surface area contributed by atoms with Crippen molar-refractivity contribution < 1.29 is 38.2 Å². The molecule has 0 aliphatic heterocycles. The lowest BCUT2D eigenvalue weighted by Gasteiger charge is -2.36. The molecule has 238 valence electrons. The van der Waals surface area contributed by atoms with E-state index in [0.29, 0.717) is 10.2 Å². The summed E-state index contributed by atoms with van der Waals surface area (Å²) in [4.78, 5) is 64.0. The summed E-state index contributed by atoms with van der Waals surface area (Å²) in [5.74, 6) is -1.37. The molecule has 1 aromatic carbocycles. The summed E-state index contributed by atoms with van der Waals surface area (Å²) in [5, 5.41) is 10.3. The second kappa shape index (κ2) is 17.8. The van der Waals surface area contributed by atoms with Crippen molar-refractivity contribution in [3.8, 4) is 5.75 Å². The average Bonchev–Trinajstić information content (AvgIpc) is 2.95. The van der Waals surface area contributed by atoms with E-state index >= 15 is 0 Å². The molecule has 0 aromatic heterocycles. The number of alkyl halides is 2. The van der Waals surface area contributed by atoms with Crippen LogP contribution in [-0.2, 0) is 19.1 Å². The third-order valence-corrected chi connectivity index (χ3v) is 7.18. The monoisotopic (exact) mass is 707 g/mol. The van der Waals surface area contributed by atoms with E-state index in [2.05, 4.69) is 37.2 Å². The third-order valence-electron chi connectivity index (χ3n) is 6.11. The zero-order chi connectivity index (χ0) is 32.1. The molecule has 16 heteroatoms. The van der Waals surface area contributed by atoms with Crippen LogP contribution < -0.4 is 31.7 Å². The highest BCUT2D eigenvalue weighted by Crippen LogP contribution is 2.28. The quantitative estimate of drug-likeness (QED) is 0.182. The summed E-state index contributed by atoms with van der Waals surface area (Å²) in [5.41, 5.74) is 5.74. The summed E-state index contributed by atoms with van der Waals surface area (Å²) < 4.78 is 16.8. The van der Waals surface area contributed by atoms with Gasteiger partial charge >= 0.3 is 12.2 Å². The van der Waals surface area contributed by atoms with Crippen LogP contribution in [0.1, 0.15) is 37.0 Å². The van der Waals surface area contributed by atoms with Gasteiger partial charge in [0.25, 0.3) is 5.91 Å². The maximum absolute atomic E-state index is 13.4. The lowest BCUT2D eigenvalue weighted by molar-refractivity contribution is -0.126. The normalized spacial score (nSPS) is 18.5. The fourth-order valence-corrected chi connectivity index (χ4v) is 4.76. The molecule has 1 aliphatic rings. The highest BCUT2D eigenvalue weighted by Gasteiger charge is 2.42.